The molecule has 22 heavy (non-hydrogen) atoms. The first kappa shape index (κ1) is 14.6. The van der Waals surface area contributed by atoms with Crippen LogP contribution < -0.4 is 0 Å². The Kier molecular flexibility index (Phi) is 4.40. The molecule has 0 bridgehead atoms. The summed E-state index contributed by atoms with van der Waals surface area (Å²) in [7, 11) is 0. The molecule has 0 aliphatic heterocycles. The molecule has 3 aromatic rings. The van der Waals surface area contributed by atoms with Crippen LogP contribution in [-0.2, 0) is 0 Å². The molecule has 0 saturated heterocycles. The third-order valence-corrected chi connectivity index (χ3v) is 3.94. The van der Waals surface area contributed by atoms with Crippen molar-refractivity contribution in [1.29, 1.82) is 0 Å². The van der Waals surface area contributed by atoms with Gasteiger partial charge in [0.25, 0.3) is 0 Å². The van der Waals surface area contributed by atoms with E-state index in [1.165, 1.54) is 0 Å². The molecule has 0 unspecified atom stereocenters. The van der Waals surface area contributed by atoms with Crippen molar-refractivity contribution in [1.82, 2.24) is 0 Å². The number of carbonyl (C=O) groups excluding carboxylic acids is 1. The summed E-state index contributed by atoms with van der Waals surface area (Å²) in [6.07, 6.45) is 0. The molecular formula is C20H16OS. The van der Waals surface area contributed by atoms with E-state index in [1.54, 1.807) is 0 Å². The van der Waals surface area contributed by atoms with Crippen LogP contribution in [-0.4, -0.2) is 11.5 Å². The highest BCUT2D eigenvalue weighted by molar-refractivity contribution is 7.81. The molecule has 3 rings (SSSR count). The maximum atomic E-state index is 12.2. The summed E-state index contributed by atoms with van der Waals surface area (Å²) in [6, 6.07) is 26.2. The number of Topliss-reactive ketones (excluding diaryl/α,β-unsaturated/α-hetero) is 1. The summed E-state index contributed by atoms with van der Waals surface area (Å²) in [6.45, 7) is 0. The molecule has 0 amide bonds. The Morgan fingerprint density at radius 2 is 1.32 bits per heavy atom. The van der Waals surface area contributed by atoms with Gasteiger partial charge in [-0.25, -0.2) is 0 Å². The highest BCUT2D eigenvalue weighted by Crippen LogP contribution is 2.30. The summed E-state index contributed by atoms with van der Waals surface area (Å²) >= 11 is 4.13. The van der Waals surface area contributed by atoms with Crippen LogP contribution in [0.3, 0.4) is 0 Å². The first-order valence-corrected chi connectivity index (χ1v) is 7.82. The lowest BCUT2D eigenvalue weighted by atomic mass is 9.93. The van der Waals surface area contributed by atoms with Crippen LogP contribution >= 0.6 is 12.6 Å². The van der Waals surface area contributed by atoms with Gasteiger partial charge in [0, 0.05) is 5.56 Å². The van der Waals surface area contributed by atoms with Crippen LogP contribution in [0.1, 0.15) is 10.4 Å². The van der Waals surface area contributed by atoms with Crippen molar-refractivity contribution in [2.24, 2.45) is 0 Å². The molecule has 0 N–H and O–H groups in total. The van der Waals surface area contributed by atoms with Gasteiger partial charge in [-0.3, -0.25) is 4.79 Å². The summed E-state index contributed by atoms with van der Waals surface area (Å²) in [4.78, 5) is 12.2. The van der Waals surface area contributed by atoms with E-state index in [9.17, 15) is 4.79 Å². The van der Waals surface area contributed by atoms with E-state index in [4.69, 9.17) is 0 Å². The molecule has 0 aliphatic carbocycles. The molecule has 0 fully saturated rings. The Morgan fingerprint density at radius 1 is 0.727 bits per heavy atom. The lowest BCUT2D eigenvalue weighted by Crippen LogP contribution is -2.03. The lowest BCUT2D eigenvalue weighted by molar-refractivity contribution is 0.102. The van der Waals surface area contributed by atoms with E-state index in [1.807, 2.05) is 60.7 Å². The fourth-order valence-corrected chi connectivity index (χ4v) is 2.71. The number of thiol groups is 1. The first-order chi connectivity index (χ1) is 10.8. The minimum absolute atomic E-state index is 0.0433. The van der Waals surface area contributed by atoms with Crippen molar-refractivity contribution >= 4 is 18.4 Å². The molecule has 0 spiro atoms. The van der Waals surface area contributed by atoms with Crippen molar-refractivity contribution in [3.8, 4) is 22.3 Å². The van der Waals surface area contributed by atoms with Gasteiger partial charge < -0.3 is 0 Å². The Labute approximate surface area is 136 Å². The molecule has 1 nitrogen and oxygen atoms in total. The molecule has 3 aromatic carbocycles. The summed E-state index contributed by atoms with van der Waals surface area (Å²) in [5, 5.41) is 0. The summed E-state index contributed by atoms with van der Waals surface area (Å²) < 4.78 is 0. The van der Waals surface area contributed by atoms with Crippen LogP contribution in [0.4, 0.5) is 0 Å². The van der Waals surface area contributed by atoms with E-state index in [0.29, 0.717) is 0 Å². The van der Waals surface area contributed by atoms with E-state index in [2.05, 4.69) is 30.8 Å². The zero-order valence-corrected chi connectivity index (χ0v) is 13.0. The second kappa shape index (κ2) is 6.63. The standard InChI is InChI=1S/C20H16OS/c21-20(14-22)18-12-11-17(15-7-3-1-4-8-15)13-19(18)16-9-5-2-6-10-16/h1-13,22H,14H2. The van der Waals surface area contributed by atoms with E-state index in [0.717, 1.165) is 27.8 Å². The fourth-order valence-electron chi connectivity index (χ4n) is 2.54. The number of hydrogen-bond donors (Lipinski definition) is 1. The SMILES string of the molecule is O=C(CS)c1ccc(-c2ccccc2)cc1-c1ccccc1. The Bertz CT molecular complexity index is 779. The quantitative estimate of drug-likeness (QED) is 0.522. The van der Waals surface area contributed by atoms with Gasteiger partial charge in [-0.15, -0.1) is 0 Å². The maximum absolute atomic E-state index is 12.2. The first-order valence-electron chi connectivity index (χ1n) is 7.18. The summed E-state index contributed by atoms with van der Waals surface area (Å²) in [5.41, 5.74) is 4.98. The van der Waals surface area contributed by atoms with Crippen molar-refractivity contribution in [2.75, 3.05) is 5.75 Å². The molecule has 0 aromatic heterocycles. The topological polar surface area (TPSA) is 17.1 Å². The van der Waals surface area contributed by atoms with Gasteiger partial charge in [0.2, 0.25) is 0 Å². The molecule has 0 heterocycles. The summed E-state index contributed by atoms with van der Waals surface area (Å²) in [5.74, 6) is 0.256. The van der Waals surface area contributed by atoms with Crippen LogP contribution in [0.15, 0.2) is 78.9 Å². The normalized spacial score (nSPS) is 10.4. The van der Waals surface area contributed by atoms with Gasteiger partial charge in [0.05, 0.1) is 5.75 Å². The third-order valence-electron chi connectivity index (χ3n) is 3.66. The van der Waals surface area contributed by atoms with E-state index >= 15 is 0 Å². The smallest absolute Gasteiger partial charge is 0.173 e. The highest BCUT2D eigenvalue weighted by Gasteiger charge is 2.12. The van der Waals surface area contributed by atoms with Gasteiger partial charge in [0.1, 0.15) is 0 Å². The minimum Gasteiger partial charge on any atom is -0.293 e. The fraction of sp³-hybridized carbons (Fsp3) is 0.0500. The van der Waals surface area contributed by atoms with Gasteiger partial charge in [-0.05, 0) is 28.3 Å². The number of hydrogen-bond acceptors (Lipinski definition) is 2. The Balaban J connectivity index is 2.17. The molecule has 0 radical (unpaired) electrons. The van der Waals surface area contributed by atoms with Crippen LogP contribution in [0, 0.1) is 0 Å². The molecule has 0 atom stereocenters. The van der Waals surface area contributed by atoms with Crippen LogP contribution in [0.25, 0.3) is 22.3 Å². The molecule has 108 valence electrons. The second-order valence-corrected chi connectivity index (χ2v) is 5.39. The molecular weight excluding hydrogens is 288 g/mol. The van der Waals surface area contributed by atoms with Crippen molar-refractivity contribution in [3.05, 3.63) is 84.4 Å². The number of ketones is 1. The van der Waals surface area contributed by atoms with E-state index in [-0.39, 0.29) is 11.5 Å². The van der Waals surface area contributed by atoms with E-state index < -0.39 is 0 Å². The second-order valence-electron chi connectivity index (χ2n) is 5.07. The van der Waals surface area contributed by atoms with Crippen molar-refractivity contribution < 1.29 is 4.79 Å². The van der Waals surface area contributed by atoms with Crippen LogP contribution in [0.5, 0.6) is 0 Å². The predicted molar refractivity (Wildman–Crippen MR) is 95.5 cm³/mol. The average Bonchev–Trinajstić information content (AvgIpc) is 2.62. The molecule has 0 saturated carbocycles. The number of benzene rings is 3. The zero-order valence-electron chi connectivity index (χ0n) is 12.1. The maximum Gasteiger partial charge on any atom is 0.173 e. The largest absolute Gasteiger partial charge is 0.293 e. The zero-order chi connectivity index (χ0) is 15.4. The van der Waals surface area contributed by atoms with Gasteiger partial charge in [-0.1, -0.05) is 72.8 Å². The van der Waals surface area contributed by atoms with Gasteiger partial charge >= 0.3 is 0 Å². The Hall–Kier alpha value is -2.32. The number of carbonyl (C=O) groups is 1. The van der Waals surface area contributed by atoms with Gasteiger partial charge in [0.15, 0.2) is 5.78 Å². The minimum atomic E-state index is 0.0433. The van der Waals surface area contributed by atoms with Crippen molar-refractivity contribution in [2.45, 2.75) is 0 Å². The monoisotopic (exact) mass is 304 g/mol. The third kappa shape index (κ3) is 2.97. The lowest BCUT2D eigenvalue weighted by Gasteiger charge is -2.11. The predicted octanol–water partition coefficient (Wildman–Crippen LogP) is 5.13. The Morgan fingerprint density at radius 3 is 1.91 bits per heavy atom. The molecule has 2 heteroatoms. The highest BCUT2D eigenvalue weighted by atomic mass is 32.1. The average molecular weight is 304 g/mol. The molecule has 0 aliphatic rings. The van der Waals surface area contributed by atoms with Crippen LogP contribution in [0.2, 0.25) is 0 Å². The number of rotatable bonds is 4. The van der Waals surface area contributed by atoms with Crippen molar-refractivity contribution in [3.63, 3.8) is 0 Å². The van der Waals surface area contributed by atoms with Gasteiger partial charge in [-0.2, -0.15) is 12.6 Å².